The van der Waals surface area contributed by atoms with Crippen LogP contribution in [0.3, 0.4) is 0 Å². The van der Waals surface area contributed by atoms with Crippen LogP contribution in [0.25, 0.3) is 0 Å². The predicted octanol–water partition coefficient (Wildman–Crippen LogP) is -2.50. The Balaban J connectivity index is 0. The second-order valence-electron chi connectivity index (χ2n) is 5.50. The van der Waals surface area contributed by atoms with Gasteiger partial charge in [0.1, 0.15) is 0 Å². The van der Waals surface area contributed by atoms with E-state index in [1.54, 1.807) is 0 Å². The summed E-state index contributed by atoms with van der Waals surface area (Å²) in [5.41, 5.74) is 0. The molecule has 0 aromatic heterocycles. The first kappa shape index (κ1) is 28.6. The Labute approximate surface area is 172 Å². The Bertz CT molecular complexity index is 433. The largest absolute Gasteiger partial charge is 0.480 e. The Kier molecular flexibility index (Phi) is 16.7. The monoisotopic (exact) mass is 446 g/mol. The van der Waals surface area contributed by atoms with E-state index in [-0.39, 0.29) is 24.6 Å². The smallest absolute Gasteiger partial charge is 0.317 e. The van der Waals surface area contributed by atoms with Gasteiger partial charge in [-0.3, -0.25) is 29.0 Å². The lowest BCUT2D eigenvalue weighted by Gasteiger charge is -2.23. The fourth-order valence-electron chi connectivity index (χ4n) is 1.72. The van der Waals surface area contributed by atoms with Crippen molar-refractivity contribution in [2.24, 2.45) is 0 Å². The van der Waals surface area contributed by atoms with Crippen molar-refractivity contribution in [3.63, 3.8) is 0 Å². The van der Waals surface area contributed by atoms with E-state index in [0.29, 0.717) is 0 Å². The maximum atomic E-state index is 10.6. The van der Waals surface area contributed by atoms with Crippen molar-refractivity contribution in [1.29, 1.82) is 0 Å². The standard InChI is InChI=1S/C10H16N2O8.C4H10O2S2/c13-7(14)3-11(4-8(15)16)1-2-12(5-9(17)18)6-10(19)20;5-3(1-7)4(6)2-8/h1-6H2,(H,13,14)(H,15,16)(H,17,18)(H,19,20);3-8H,1-2H2/t;3-,4-/m.1/s1. The molecule has 0 heterocycles. The first-order valence-electron chi connectivity index (χ1n) is 7.82. The fourth-order valence-corrected chi connectivity index (χ4v) is 2.21. The molecular formula is C14H26N2O10S2. The number of hydrogen-bond donors (Lipinski definition) is 8. The molecule has 164 valence electrons. The number of nitrogens with zero attached hydrogens (tertiary/aromatic N) is 2. The van der Waals surface area contributed by atoms with Gasteiger partial charge < -0.3 is 30.6 Å². The SMILES string of the molecule is O=C(O)CN(CCN(CC(=O)O)CC(=O)O)CC(=O)O.O[C@H](CS)[C@H](O)CS. The van der Waals surface area contributed by atoms with Crippen molar-refractivity contribution < 1.29 is 49.8 Å². The highest BCUT2D eigenvalue weighted by Gasteiger charge is 2.18. The fraction of sp³-hybridized carbons (Fsp3) is 0.714. The zero-order valence-electron chi connectivity index (χ0n) is 14.9. The Morgan fingerprint density at radius 2 is 0.821 bits per heavy atom. The van der Waals surface area contributed by atoms with Gasteiger partial charge in [-0.2, -0.15) is 25.3 Å². The molecule has 0 radical (unpaired) electrons. The van der Waals surface area contributed by atoms with Crippen molar-refractivity contribution in [1.82, 2.24) is 9.80 Å². The molecular weight excluding hydrogens is 420 g/mol. The van der Waals surface area contributed by atoms with Gasteiger partial charge in [-0.05, 0) is 0 Å². The van der Waals surface area contributed by atoms with Crippen LogP contribution >= 0.6 is 25.3 Å². The van der Waals surface area contributed by atoms with Crippen molar-refractivity contribution in [3.8, 4) is 0 Å². The third-order valence-electron chi connectivity index (χ3n) is 2.99. The van der Waals surface area contributed by atoms with E-state index in [0.717, 1.165) is 9.80 Å². The van der Waals surface area contributed by atoms with Crippen LogP contribution in [-0.4, -0.2) is 127 Å². The first-order chi connectivity index (χ1) is 12.9. The number of carboxylic acid groups (broad SMARTS) is 4. The molecule has 0 saturated carbocycles. The van der Waals surface area contributed by atoms with Crippen LogP contribution in [0.1, 0.15) is 0 Å². The molecule has 0 aromatic carbocycles. The molecule has 12 nitrogen and oxygen atoms in total. The molecule has 0 aliphatic rings. The number of aliphatic hydroxyl groups excluding tert-OH is 2. The normalized spacial score (nSPS) is 12.8. The summed E-state index contributed by atoms with van der Waals surface area (Å²) in [6.07, 6.45) is -1.48. The second kappa shape index (κ2) is 16.4. The number of thiol groups is 2. The van der Waals surface area contributed by atoms with Gasteiger partial charge in [0.15, 0.2) is 0 Å². The quantitative estimate of drug-likeness (QED) is 0.131. The summed E-state index contributed by atoms with van der Waals surface area (Å²) in [7, 11) is 0. The van der Waals surface area contributed by atoms with Crippen molar-refractivity contribution in [3.05, 3.63) is 0 Å². The lowest BCUT2D eigenvalue weighted by atomic mass is 10.3. The van der Waals surface area contributed by atoms with E-state index in [2.05, 4.69) is 25.3 Å². The molecule has 0 fully saturated rings. The number of hydrogen-bond acceptors (Lipinski definition) is 10. The lowest BCUT2D eigenvalue weighted by molar-refractivity contribution is -0.145. The van der Waals surface area contributed by atoms with Gasteiger partial charge in [0.2, 0.25) is 0 Å². The van der Waals surface area contributed by atoms with Crippen molar-refractivity contribution >= 4 is 49.1 Å². The highest BCUT2D eigenvalue weighted by atomic mass is 32.1. The second-order valence-corrected chi connectivity index (χ2v) is 6.23. The van der Waals surface area contributed by atoms with Gasteiger partial charge in [-0.1, -0.05) is 0 Å². The molecule has 6 N–H and O–H groups in total. The molecule has 0 unspecified atom stereocenters. The van der Waals surface area contributed by atoms with Crippen LogP contribution in [0.2, 0.25) is 0 Å². The van der Waals surface area contributed by atoms with Crippen LogP contribution in [-0.2, 0) is 19.2 Å². The van der Waals surface area contributed by atoms with Gasteiger partial charge in [0.05, 0.1) is 38.4 Å². The summed E-state index contributed by atoms with van der Waals surface area (Å²) in [6, 6.07) is 0. The molecule has 28 heavy (non-hydrogen) atoms. The van der Waals surface area contributed by atoms with Crippen LogP contribution < -0.4 is 0 Å². The molecule has 0 spiro atoms. The summed E-state index contributed by atoms with van der Waals surface area (Å²) < 4.78 is 0. The van der Waals surface area contributed by atoms with Crippen LogP contribution in [0.15, 0.2) is 0 Å². The van der Waals surface area contributed by atoms with Crippen molar-refractivity contribution in [2.75, 3.05) is 50.8 Å². The van der Waals surface area contributed by atoms with Crippen LogP contribution in [0, 0.1) is 0 Å². The van der Waals surface area contributed by atoms with Gasteiger partial charge in [-0.25, -0.2) is 0 Å². The first-order valence-corrected chi connectivity index (χ1v) is 9.09. The van der Waals surface area contributed by atoms with Gasteiger partial charge in [0, 0.05) is 24.6 Å². The van der Waals surface area contributed by atoms with Gasteiger partial charge >= 0.3 is 23.9 Å². The summed E-state index contributed by atoms with van der Waals surface area (Å²) in [5, 5.41) is 52.0. The average Bonchev–Trinajstić information content (AvgIpc) is 2.56. The summed E-state index contributed by atoms with van der Waals surface area (Å²) in [4.78, 5) is 44.4. The molecule has 0 aliphatic carbocycles. The minimum atomic E-state index is -1.23. The van der Waals surface area contributed by atoms with Crippen LogP contribution in [0.5, 0.6) is 0 Å². The third kappa shape index (κ3) is 17.8. The highest BCUT2D eigenvalue weighted by molar-refractivity contribution is 7.80. The summed E-state index contributed by atoms with van der Waals surface area (Å²) in [6.45, 7) is -2.25. The van der Waals surface area contributed by atoms with Crippen LogP contribution in [0.4, 0.5) is 0 Å². The number of carbonyl (C=O) groups is 4. The third-order valence-corrected chi connectivity index (χ3v) is 3.73. The van der Waals surface area contributed by atoms with Gasteiger partial charge in [0.25, 0.3) is 0 Å². The van der Waals surface area contributed by atoms with E-state index in [1.807, 2.05) is 0 Å². The number of carboxylic acids is 4. The molecule has 0 bridgehead atoms. The molecule has 0 saturated heterocycles. The Morgan fingerprint density at radius 1 is 0.607 bits per heavy atom. The molecule has 2 atom stereocenters. The zero-order valence-corrected chi connectivity index (χ0v) is 16.7. The summed E-state index contributed by atoms with van der Waals surface area (Å²) in [5.74, 6) is -4.35. The Hall–Kier alpha value is -1.58. The maximum absolute atomic E-state index is 10.6. The van der Waals surface area contributed by atoms with E-state index in [1.165, 1.54) is 0 Å². The highest BCUT2D eigenvalue weighted by Crippen LogP contribution is 1.96. The number of aliphatic carboxylic acids is 4. The molecule has 0 rings (SSSR count). The molecule has 0 amide bonds. The maximum Gasteiger partial charge on any atom is 0.317 e. The zero-order chi connectivity index (χ0) is 22.3. The van der Waals surface area contributed by atoms with Crippen molar-refractivity contribution in [2.45, 2.75) is 12.2 Å². The predicted molar refractivity (Wildman–Crippen MR) is 103 cm³/mol. The van der Waals surface area contributed by atoms with E-state index >= 15 is 0 Å². The van der Waals surface area contributed by atoms with E-state index in [9.17, 15) is 19.2 Å². The number of rotatable bonds is 14. The summed E-state index contributed by atoms with van der Waals surface area (Å²) >= 11 is 7.53. The molecule has 0 aromatic rings. The van der Waals surface area contributed by atoms with E-state index < -0.39 is 62.3 Å². The Morgan fingerprint density at radius 3 is 0.964 bits per heavy atom. The molecule has 14 heteroatoms. The molecule has 0 aliphatic heterocycles. The number of aliphatic hydroxyl groups is 2. The van der Waals surface area contributed by atoms with E-state index in [4.69, 9.17) is 30.6 Å². The topological polar surface area (TPSA) is 196 Å². The minimum absolute atomic E-state index is 0.0703. The minimum Gasteiger partial charge on any atom is -0.480 e. The van der Waals surface area contributed by atoms with Gasteiger partial charge in [-0.15, -0.1) is 0 Å². The lowest BCUT2D eigenvalue weighted by Crippen LogP contribution is -2.43. The average molecular weight is 447 g/mol.